The van der Waals surface area contributed by atoms with E-state index in [4.69, 9.17) is 16.3 Å². The highest BCUT2D eigenvalue weighted by atomic mass is 35.5. The quantitative estimate of drug-likeness (QED) is 0.716. The van der Waals surface area contributed by atoms with E-state index in [2.05, 4.69) is 19.9 Å². The van der Waals surface area contributed by atoms with Gasteiger partial charge in [0.05, 0.1) is 18.1 Å². The summed E-state index contributed by atoms with van der Waals surface area (Å²) in [5.74, 6) is 1.08. The van der Waals surface area contributed by atoms with Crippen LogP contribution in [0.3, 0.4) is 0 Å². The van der Waals surface area contributed by atoms with E-state index in [1.54, 1.807) is 42.9 Å². The van der Waals surface area contributed by atoms with Gasteiger partial charge >= 0.3 is 0 Å². The Hall–Kier alpha value is -2.57. The maximum atomic E-state index is 11.0. The molecule has 0 aliphatic heterocycles. The molecule has 6 nitrogen and oxygen atoms in total. The second kappa shape index (κ2) is 6.90. The van der Waals surface area contributed by atoms with E-state index in [9.17, 15) is 5.11 Å². The molecule has 3 heterocycles. The Labute approximate surface area is 144 Å². The van der Waals surface area contributed by atoms with Gasteiger partial charge in [-0.05, 0) is 30.7 Å². The molecule has 0 aliphatic carbocycles. The lowest BCUT2D eigenvalue weighted by Gasteiger charge is -2.26. The molecule has 0 radical (unpaired) electrons. The molecule has 0 bridgehead atoms. The van der Waals surface area contributed by atoms with Crippen molar-refractivity contribution in [3.05, 3.63) is 71.8 Å². The molecule has 3 aromatic rings. The normalized spacial score (nSPS) is 13.3. The maximum absolute atomic E-state index is 11.0. The van der Waals surface area contributed by atoms with Crippen LogP contribution in [-0.4, -0.2) is 25.0 Å². The molecule has 7 heteroatoms. The molecular weight excluding hydrogens is 328 g/mol. The molecule has 0 amide bonds. The minimum atomic E-state index is -1.25. The number of pyridine rings is 2. The standard InChI is InChI=1S/C17H15ClN4O2/c1-2-17(23,12-7-19-11-20-8-12)15-5-3-13(9-21-15)24-14-4-6-16(18)22-10-14/h3-11,23H,2H2,1H3. The van der Waals surface area contributed by atoms with E-state index in [1.807, 2.05) is 6.92 Å². The zero-order chi connectivity index (χ0) is 17.0. The molecule has 1 unspecified atom stereocenters. The zero-order valence-electron chi connectivity index (χ0n) is 12.9. The maximum Gasteiger partial charge on any atom is 0.145 e. The molecule has 3 aromatic heterocycles. The lowest BCUT2D eigenvalue weighted by Crippen LogP contribution is -2.27. The summed E-state index contributed by atoms with van der Waals surface area (Å²) in [6.45, 7) is 1.87. The molecule has 3 rings (SSSR count). The highest BCUT2D eigenvalue weighted by molar-refractivity contribution is 6.29. The highest BCUT2D eigenvalue weighted by Gasteiger charge is 2.31. The summed E-state index contributed by atoms with van der Waals surface area (Å²) in [5.41, 5.74) is -0.154. The Morgan fingerprint density at radius 2 is 1.67 bits per heavy atom. The summed E-state index contributed by atoms with van der Waals surface area (Å²) in [7, 11) is 0. The molecule has 1 N–H and O–H groups in total. The van der Waals surface area contributed by atoms with Crippen molar-refractivity contribution >= 4 is 11.6 Å². The van der Waals surface area contributed by atoms with Crippen LogP contribution in [0.15, 0.2) is 55.4 Å². The molecular formula is C17H15ClN4O2. The van der Waals surface area contributed by atoms with Crippen LogP contribution in [0.25, 0.3) is 0 Å². The van der Waals surface area contributed by atoms with Crippen molar-refractivity contribution in [2.45, 2.75) is 18.9 Å². The van der Waals surface area contributed by atoms with E-state index < -0.39 is 5.60 Å². The van der Waals surface area contributed by atoms with Crippen LogP contribution in [0.1, 0.15) is 24.6 Å². The average molecular weight is 343 g/mol. The van der Waals surface area contributed by atoms with Gasteiger partial charge < -0.3 is 9.84 Å². The largest absolute Gasteiger partial charge is 0.454 e. The summed E-state index contributed by atoms with van der Waals surface area (Å²) in [6, 6.07) is 6.81. The smallest absolute Gasteiger partial charge is 0.145 e. The van der Waals surface area contributed by atoms with E-state index in [-0.39, 0.29) is 0 Å². The van der Waals surface area contributed by atoms with E-state index >= 15 is 0 Å². The number of rotatable bonds is 5. The van der Waals surface area contributed by atoms with Crippen LogP contribution in [-0.2, 0) is 5.60 Å². The van der Waals surface area contributed by atoms with Crippen molar-refractivity contribution in [1.29, 1.82) is 0 Å². The second-order valence-corrected chi connectivity index (χ2v) is 5.53. The number of aromatic nitrogens is 4. The van der Waals surface area contributed by atoms with E-state index in [0.29, 0.717) is 34.3 Å². The Kier molecular flexibility index (Phi) is 4.69. The van der Waals surface area contributed by atoms with E-state index in [0.717, 1.165) is 0 Å². The summed E-state index contributed by atoms with van der Waals surface area (Å²) in [5, 5.41) is 11.4. The fourth-order valence-corrected chi connectivity index (χ4v) is 2.40. The summed E-state index contributed by atoms with van der Waals surface area (Å²) < 4.78 is 5.65. The first kappa shape index (κ1) is 16.3. The topological polar surface area (TPSA) is 81.0 Å². The molecule has 0 aromatic carbocycles. The molecule has 0 saturated heterocycles. The predicted molar refractivity (Wildman–Crippen MR) is 88.9 cm³/mol. The highest BCUT2D eigenvalue weighted by Crippen LogP contribution is 2.31. The Bertz CT molecular complexity index is 797. The Morgan fingerprint density at radius 3 is 2.21 bits per heavy atom. The molecule has 1 atom stereocenters. The van der Waals surface area contributed by atoms with Crippen molar-refractivity contribution < 1.29 is 9.84 Å². The van der Waals surface area contributed by atoms with Crippen molar-refractivity contribution in [3.63, 3.8) is 0 Å². The van der Waals surface area contributed by atoms with Crippen LogP contribution in [0.2, 0.25) is 5.15 Å². The summed E-state index contributed by atoms with van der Waals surface area (Å²) >= 11 is 5.74. The Balaban J connectivity index is 1.84. The zero-order valence-corrected chi connectivity index (χ0v) is 13.7. The van der Waals surface area contributed by atoms with Gasteiger partial charge in [-0.25, -0.2) is 15.0 Å². The first-order valence-corrected chi connectivity index (χ1v) is 7.73. The number of aliphatic hydroxyl groups is 1. The van der Waals surface area contributed by atoms with Crippen molar-refractivity contribution in [2.24, 2.45) is 0 Å². The van der Waals surface area contributed by atoms with Crippen LogP contribution < -0.4 is 4.74 Å². The van der Waals surface area contributed by atoms with Crippen molar-refractivity contribution in [1.82, 2.24) is 19.9 Å². The van der Waals surface area contributed by atoms with Gasteiger partial charge in [-0.15, -0.1) is 0 Å². The first-order chi connectivity index (χ1) is 11.6. The molecule has 122 valence electrons. The molecule has 0 saturated carbocycles. The predicted octanol–water partition coefficient (Wildman–Crippen LogP) is 3.36. The molecule has 0 spiro atoms. The number of hydrogen-bond donors (Lipinski definition) is 1. The van der Waals surface area contributed by atoms with Gasteiger partial charge in [-0.3, -0.25) is 4.98 Å². The van der Waals surface area contributed by atoms with Gasteiger partial charge in [0.25, 0.3) is 0 Å². The van der Waals surface area contributed by atoms with E-state index in [1.165, 1.54) is 12.5 Å². The van der Waals surface area contributed by atoms with Crippen LogP contribution >= 0.6 is 11.6 Å². The second-order valence-electron chi connectivity index (χ2n) is 5.14. The number of nitrogens with zero attached hydrogens (tertiary/aromatic N) is 4. The molecule has 0 aliphatic rings. The summed E-state index contributed by atoms with van der Waals surface area (Å²) in [4.78, 5) is 16.2. The first-order valence-electron chi connectivity index (χ1n) is 7.35. The fourth-order valence-electron chi connectivity index (χ4n) is 2.29. The van der Waals surface area contributed by atoms with Crippen molar-refractivity contribution in [2.75, 3.05) is 0 Å². The van der Waals surface area contributed by atoms with Gasteiger partial charge in [0.15, 0.2) is 0 Å². The third-order valence-corrected chi connectivity index (χ3v) is 3.87. The van der Waals surface area contributed by atoms with Gasteiger partial charge in [-0.1, -0.05) is 18.5 Å². The minimum Gasteiger partial charge on any atom is -0.454 e. The third kappa shape index (κ3) is 3.34. The minimum absolute atomic E-state index is 0.397. The van der Waals surface area contributed by atoms with Crippen LogP contribution in [0, 0.1) is 0 Å². The number of halogens is 1. The molecule has 0 fully saturated rings. The Morgan fingerprint density at radius 1 is 1.00 bits per heavy atom. The monoisotopic (exact) mass is 342 g/mol. The lowest BCUT2D eigenvalue weighted by atomic mass is 9.89. The van der Waals surface area contributed by atoms with Gasteiger partial charge in [0.2, 0.25) is 0 Å². The lowest BCUT2D eigenvalue weighted by molar-refractivity contribution is 0.0711. The van der Waals surface area contributed by atoms with Gasteiger partial charge in [0.1, 0.15) is 28.6 Å². The third-order valence-electron chi connectivity index (χ3n) is 3.65. The van der Waals surface area contributed by atoms with Gasteiger partial charge in [-0.2, -0.15) is 0 Å². The van der Waals surface area contributed by atoms with Crippen molar-refractivity contribution in [3.8, 4) is 11.5 Å². The molecule has 24 heavy (non-hydrogen) atoms. The number of hydrogen-bond acceptors (Lipinski definition) is 6. The van der Waals surface area contributed by atoms with Crippen LogP contribution in [0.4, 0.5) is 0 Å². The van der Waals surface area contributed by atoms with Crippen LogP contribution in [0.5, 0.6) is 11.5 Å². The SMILES string of the molecule is CCC(O)(c1cncnc1)c1ccc(Oc2ccc(Cl)nc2)cn1. The van der Waals surface area contributed by atoms with Gasteiger partial charge in [0, 0.05) is 18.0 Å². The fraction of sp³-hybridized carbons (Fsp3) is 0.176. The summed E-state index contributed by atoms with van der Waals surface area (Å²) in [6.07, 6.45) is 8.11. The number of ether oxygens (including phenoxy) is 1. The average Bonchev–Trinajstić information content (AvgIpc) is 2.64.